The van der Waals surface area contributed by atoms with Gasteiger partial charge in [-0.15, -0.1) is 11.7 Å². The zero-order valence-electron chi connectivity index (χ0n) is 14.0. The number of phenolic OH excluding ortho intramolecular Hbond substituents is 2. The molecule has 0 fully saturated rings. The first kappa shape index (κ1) is 20.3. The van der Waals surface area contributed by atoms with Crippen LogP contribution >= 0.6 is 0 Å². The summed E-state index contributed by atoms with van der Waals surface area (Å²) in [5, 5.41) is 28.7. The molecule has 0 radical (unpaired) electrons. The van der Waals surface area contributed by atoms with Crippen LogP contribution in [-0.2, 0) is 6.54 Å². The molecule has 6 N–H and O–H groups in total. The minimum absolute atomic E-state index is 0.117. The summed E-state index contributed by atoms with van der Waals surface area (Å²) in [5.74, 6) is 0.819. The lowest BCUT2D eigenvalue weighted by Gasteiger charge is -2.15. The standard InChI is InChI=1S/C11H15N5O2.C3H6.CH5N/c1-12-10-13-11(15-14-10)16(2)6-7-4-3-5-8(17)9(7)18;1-3-2;1-2/h3-5,17-18H,6H2,1-2H3,(H2,12,13,14,15);3H,1H2,2H3;2H2,1H3. The zero-order chi connectivity index (χ0) is 17.8. The van der Waals surface area contributed by atoms with Gasteiger partial charge >= 0.3 is 0 Å². The van der Waals surface area contributed by atoms with Gasteiger partial charge in [-0.1, -0.05) is 18.2 Å². The summed E-state index contributed by atoms with van der Waals surface area (Å²) >= 11 is 0. The van der Waals surface area contributed by atoms with Crippen molar-refractivity contribution in [2.75, 3.05) is 31.4 Å². The Hall–Kier alpha value is -2.74. The molecule has 0 bridgehead atoms. The Morgan fingerprint density at radius 2 is 2.00 bits per heavy atom. The molecule has 0 aliphatic heterocycles. The third-order valence-electron chi connectivity index (χ3n) is 2.56. The highest BCUT2D eigenvalue weighted by Crippen LogP contribution is 2.29. The number of aromatic hydroxyl groups is 2. The van der Waals surface area contributed by atoms with Crippen molar-refractivity contribution in [3.05, 3.63) is 36.4 Å². The number of anilines is 2. The molecule has 1 aromatic carbocycles. The van der Waals surface area contributed by atoms with E-state index in [-0.39, 0.29) is 11.5 Å². The van der Waals surface area contributed by atoms with Crippen LogP contribution < -0.4 is 16.0 Å². The van der Waals surface area contributed by atoms with E-state index >= 15 is 0 Å². The molecule has 0 amide bonds. The van der Waals surface area contributed by atoms with Gasteiger partial charge in [0.05, 0.1) is 0 Å². The Morgan fingerprint density at radius 3 is 2.52 bits per heavy atom. The van der Waals surface area contributed by atoms with Crippen LogP contribution in [0.1, 0.15) is 12.5 Å². The highest BCUT2D eigenvalue weighted by molar-refractivity contribution is 5.46. The third-order valence-corrected chi connectivity index (χ3v) is 2.56. The van der Waals surface area contributed by atoms with Gasteiger partial charge in [0.2, 0.25) is 11.9 Å². The van der Waals surface area contributed by atoms with Crippen molar-refractivity contribution in [2.24, 2.45) is 5.73 Å². The first-order valence-corrected chi connectivity index (χ1v) is 6.99. The number of aromatic nitrogens is 3. The smallest absolute Gasteiger partial charge is 0.246 e. The Morgan fingerprint density at radius 1 is 1.39 bits per heavy atom. The van der Waals surface area contributed by atoms with E-state index < -0.39 is 0 Å². The number of H-pyrrole nitrogens is 1. The molecule has 1 aromatic heterocycles. The normalized spacial score (nSPS) is 8.91. The van der Waals surface area contributed by atoms with Crippen LogP contribution in [0.2, 0.25) is 0 Å². The van der Waals surface area contributed by atoms with Gasteiger partial charge in [0.1, 0.15) is 0 Å². The molecule has 0 saturated carbocycles. The average molecular weight is 322 g/mol. The van der Waals surface area contributed by atoms with Crippen molar-refractivity contribution in [1.82, 2.24) is 15.2 Å². The molecule has 8 heteroatoms. The lowest BCUT2D eigenvalue weighted by atomic mass is 10.2. The molecule has 0 spiro atoms. The quantitative estimate of drug-likeness (QED) is 0.428. The molecule has 2 rings (SSSR count). The highest BCUT2D eigenvalue weighted by Gasteiger charge is 2.12. The number of aromatic amines is 1. The van der Waals surface area contributed by atoms with Crippen LogP contribution in [-0.4, -0.2) is 46.5 Å². The maximum Gasteiger partial charge on any atom is 0.246 e. The van der Waals surface area contributed by atoms with Gasteiger partial charge in [0.15, 0.2) is 11.5 Å². The predicted octanol–water partition coefficient (Wildman–Crippen LogP) is 1.66. The summed E-state index contributed by atoms with van der Waals surface area (Å²) in [4.78, 5) is 5.94. The number of hydrogen-bond donors (Lipinski definition) is 5. The molecule has 128 valence electrons. The van der Waals surface area contributed by atoms with E-state index in [4.69, 9.17) is 0 Å². The minimum Gasteiger partial charge on any atom is -0.504 e. The van der Waals surface area contributed by atoms with Gasteiger partial charge in [-0.05, 0) is 20.0 Å². The summed E-state index contributed by atoms with van der Waals surface area (Å²) in [7, 11) is 5.04. The molecule has 1 heterocycles. The van der Waals surface area contributed by atoms with Crippen molar-refractivity contribution < 1.29 is 10.2 Å². The molecular weight excluding hydrogens is 296 g/mol. The lowest BCUT2D eigenvalue weighted by Crippen LogP contribution is -2.17. The van der Waals surface area contributed by atoms with E-state index in [1.54, 1.807) is 37.2 Å². The molecule has 0 aliphatic rings. The van der Waals surface area contributed by atoms with E-state index in [0.717, 1.165) is 0 Å². The summed E-state index contributed by atoms with van der Waals surface area (Å²) in [6.07, 6.45) is 1.75. The zero-order valence-corrected chi connectivity index (χ0v) is 14.0. The van der Waals surface area contributed by atoms with Crippen LogP contribution in [0.4, 0.5) is 11.9 Å². The number of rotatable bonds is 4. The van der Waals surface area contributed by atoms with E-state index in [0.29, 0.717) is 24.0 Å². The van der Waals surface area contributed by atoms with Gasteiger partial charge < -0.3 is 26.2 Å². The van der Waals surface area contributed by atoms with Crippen molar-refractivity contribution >= 4 is 11.9 Å². The van der Waals surface area contributed by atoms with Gasteiger partial charge in [-0.25, -0.2) is 5.10 Å². The van der Waals surface area contributed by atoms with Crippen LogP contribution in [0.5, 0.6) is 11.5 Å². The topological polar surface area (TPSA) is 123 Å². The Bertz CT molecular complexity index is 585. The second kappa shape index (κ2) is 10.9. The van der Waals surface area contributed by atoms with Crippen molar-refractivity contribution in [2.45, 2.75) is 13.5 Å². The van der Waals surface area contributed by atoms with Crippen LogP contribution in [0.15, 0.2) is 30.9 Å². The molecule has 0 unspecified atom stereocenters. The summed E-state index contributed by atoms with van der Waals surface area (Å²) < 4.78 is 0. The Labute approximate surface area is 136 Å². The molecule has 2 aromatic rings. The van der Waals surface area contributed by atoms with Gasteiger partial charge in [-0.2, -0.15) is 4.98 Å². The molecule has 0 atom stereocenters. The van der Waals surface area contributed by atoms with Crippen molar-refractivity contribution in [3.63, 3.8) is 0 Å². The fourth-order valence-corrected chi connectivity index (χ4v) is 1.57. The number of nitrogens with two attached hydrogens (primary N) is 1. The second-order valence-corrected chi connectivity index (χ2v) is 4.28. The molecule has 0 saturated heterocycles. The Kier molecular flexibility index (Phi) is 9.61. The molecule has 23 heavy (non-hydrogen) atoms. The van der Waals surface area contributed by atoms with Crippen LogP contribution in [0, 0.1) is 0 Å². The molecular formula is C15H26N6O2. The monoisotopic (exact) mass is 322 g/mol. The van der Waals surface area contributed by atoms with E-state index in [1.807, 2.05) is 6.92 Å². The SMILES string of the molecule is C=CC.CN.CNc1nc(N(C)Cc2cccc(O)c2O)n[nH]1. The predicted molar refractivity (Wildman–Crippen MR) is 93.8 cm³/mol. The number of para-hydroxylation sites is 1. The van der Waals surface area contributed by atoms with E-state index in [2.05, 4.69) is 32.8 Å². The molecule has 8 nitrogen and oxygen atoms in total. The first-order chi connectivity index (χ1) is 11.0. The average Bonchev–Trinajstić information content (AvgIpc) is 3.04. The number of nitrogens with one attached hydrogen (secondary N) is 2. The van der Waals surface area contributed by atoms with Crippen molar-refractivity contribution in [3.8, 4) is 11.5 Å². The highest BCUT2D eigenvalue weighted by atomic mass is 16.3. The van der Waals surface area contributed by atoms with Crippen molar-refractivity contribution in [1.29, 1.82) is 0 Å². The van der Waals surface area contributed by atoms with E-state index in [1.165, 1.54) is 13.1 Å². The fraction of sp³-hybridized carbons (Fsp3) is 0.333. The molecule has 0 aliphatic carbocycles. The number of phenols is 2. The first-order valence-electron chi connectivity index (χ1n) is 6.99. The summed E-state index contributed by atoms with van der Waals surface area (Å²) in [6.45, 7) is 5.64. The Balaban J connectivity index is 0.000000868. The van der Waals surface area contributed by atoms with E-state index in [9.17, 15) is 10.2 Å². The van der Waals surface area contributed by atoms with Gasteiger partial charge in [-0.3, -0.25) is 0 Å². The number of nitrogens with zero attached hydrogens (tertiary/aromatic N) is 3. The fourth-order valence-electron chi connectivity index (χ4n) is 1.57. The summed E-state index contributed by atoms with van der Waals surface area (Å²) in [6, 6.07) is 4.84. The van der Waals surface area contributed by atoms with Gasteiger partial charge in [0, 0.05) is 26.2 Å². The second-order valence-electron chi connectivity index (χ2n) is 4.28. The lowest BCUT2D eigenvalue weighted by molar-refractivity contribution is 0.399. The maximum absolute atomic E-state index is 9.71. The van der Waals surface area contributed by atoms with Gasteiger partial charge in [0.25, 0.3) is 0 Å². The number of benzene rings is 1. The number of allylic oxidation sites excluding steroid dienone is 1. The minimum atomic E-state index is -0.133. The maximum atomic E-state index is 9.71. The number of hydrogen-bond acceptors (Lipinski definition) is 7. The third kappa shape index (κ3) is 6.27. The summed E-state index contributed by atoms with van der Waals surface area (Å²) in [5.41, 5.74) is 5.10. The van der Waals surface area contributed by atoms with Crippen LogP contribution in [0.25, 0.3) is 0 Å². The van der Waals surface area contributed by atoms with Crippen LogP contribution in [0.3, 0.4) is 0 Å². The largest absolute Gasteiger partial charge is 0.504 e.